The van der Waals surface area contributed by atoms with E-state index in [1.807, 2.05) is 19.1 Å². The van der Waals surface area contributed by atoms with Gasteiger partial charge in [0, 0.05) is 10.6 Å². The quantitative estimate of drug-likeness (QED) is 0.518. The summed E-state index contributed by atoms with van der Waals surface area (Å²) in [4.78, 5) is 36.1. The molecule has 0 spiro atoms. The van der Waals surface area contributed by atoms with E-state index in [-0.39, 0.29) is 12.2 Å². The zero-order chi connectivity index (χ0) is 20.7. The summed E-state index contributed by atoms with van der Waals surface area (Å²) < 4.78 is 5.27. The van der Waals surface area contributed by atoms with E-state index in [0.717, 1.165) is 12.0 Å². The van der Waals surface area contributed by atoms with E-state index in [4.69, 9.17) is 22.1 Å². The number of hydrogen-bond acceptors (Lipinski definition) is 4. The molecule has 0 aromatic heterocycles. The van der Waals surface area contributed by atoms with Gasteiger partial charge in [-0.15, -0.1) is 0 Å². The van der Waals surface area contributed by atoms with Crippen molar-refractivity contribution < 1.29 is 19.1 Å². The average Bonchev–Trinajstić information content (AvgIpc) is 2.67. The molecule has 0 aliphatic rings. The van der Waals surface area contributed by atoms with Crippen molar-refractivity contribution in [1.29, 1.82) is 0 Å². The van der Waals surface area contributed by atoms with E-state index in [1.165, 1.54) is 6.92 Å². The summed E-state index contributed by atoms with van der Waals surface area (Å²) >= 11 is 5.87. The van der Waals surface area contributed by atoms with Crippen molar-refractivity contribution in [2.75, 3.05) is 0 Å². The van der Waals surface area contributed by atoms with Crippen LogP contribution in [0.1, 0.15) is 47.8 Å². The number of primary amides is 1. The highest BCUT2D eigenvalue weighted by Gasteiger charge is 2.23. The number of nitrogens with one attached hydrogen (secondary N) is 1. The number of ether oxygens (including phenoxy) is 1. The maximum absolute atomic E-state index is 12.5. The Morgan fingerprint density at radius 2 is 1.68 bits per heavy atom. The van der Waals surface area contributed by atoms with Gasteiger partial charge in [-0.3, -0.25) is 9.59 Å². The molecule has 2 aromatic rings. The normalized spacial score (nSPS) is 12.7. The fourth-order valence-electron chi connectivity index (χ4n) is 2.72. The monoisotopic (exact) mass is 402 g/mol. The SMILES string of the molecule is CCc1ccc(C(=O)[C@H](C)OC(=O)C[C@@H](NC(N)=O)c2ccc(Cl)cc2)cc1. The number of halogens is 1. The number of rotatable bonds is 8. The Balaban J connectivity index is 2.02. The van der Waals surface area contributed by atoms with Crippen LogP contribution in [0.3, 0.4) is 0 Å². The molecular formula is C21H23ClN2O4. The predicted molar refractivity (Wildman–Crippen MR) is 107 cm³/mol. The van der Waals surface area contributed by atoms with Gasteiger partial charge >= 0.3 is 12.0 Å². The molecule has 0 bridgehead atoms. The average molecular weight is 403 g/mol. The number of carbonyl (C=O) groups excluding carboxylic acids is 3. The minimum atomic E-state index is -0.945. The van der Waals surface area contributed by atoms with E-state index < -0.39 is 24.1 Å². The minimum absolute atomic E-state index is 0.170. The van der Waals surface area contributed by atoms with Crippen LogP contribution in [0.2, 0.25) is 5.02 Å². The highest BCUT2D eigenvalue weighted by atomic mass is 35.5. The topological polar surface area (TPSA) is 98.5 Å². The lowest BCUT2D eigenvalue weighted by molar-refractivity contribution is -0.146. The van der Waals surface area contributed by atoms with Gasteiger partial charge in [0.25, 0.3) is 0 Å². The first-order chi connectivity index (χ1) is 13.3. The summed E-state index contributed by atoms with van der Waals surface area (Å²) in [7, 11) is 0. The summed E-state index contributed by atoms with van der Waals surface area (Å²) in [5, 5.41) is 3.03. The number of ketones is 1. The predicted octanol–water partition coefficient (Wildman–Crippen LogP) is 3.82. The molecule has 2 aromatic carbocycles. The molecule has 2 rings (SSSR count). The Bertz CT molecular complexity index is 834. The lowest BCUT2D eigenvalue weighted by atomic mass is 10.0. The highest BCUT2D eigenvalue weighted by Crippen LogP contribution is 2.20. The minimum Gasteiger partial charge on any atom is -0.454 e. The van der Waals surface area contributed by atoms with Crippen LogP contribution in [-0.2, 0) is 16.0 Å². The van der Waals surface area contributed by atoms with Crippen LogP contribution in [-0.4, -0.2) is 23.9 Å². The molecule has 7 heteroatoms. The first kappa shape index (κ1) is 21.4. The van der Waals surface area contributed by atoms with E-state index in [1.54, 1.807) is 36.4 Å². The van der Waals surface area contributed by atoms with Gasteiger partial charge in [-0.05, 0) is 36.6 Å². The zero-order valence-corrected chi connectivity index (χ0v) is 16.5. The number of urea groups is 1. The fraction of sp³-hybridized carbons (Fsp3) is 0.286. The van der Waals surface area contributed by atoms with Crippen LogP contribution >= 0.6 is 11.6 Å². The molecule has 2 amide bonds. The number of nitrogens with two attached hydrogens (primary N) is 1. The van der Waals surface area contributed by atoms with Crippen molar-refractivity contribution in [3.8, 4) is 0 Å². The molecule has 0 unspecified atom stereocenters. The van der Waals surface area contributed by atoms with Gasteiger partial charge in [-0.25, -0.2) is 4.79 Å². The fourth-order valence-corrected chi connectivity index (χ4v) is 2.85. The van der Waals surface area contributed by atoms with E-state index in [9.17, 15) is 14.4 Å². The number of Topliss-reactive ketones (excluding diaryl/α,β-unsaturated/α-hetero) is 1. The van der Waals surface area contributed by atoms with Crippen molar-refractivity contribution in [3.63, 3.8) is 0 Å². The van der Waals surface area contributed by atoms with E-state index in [2.05, 4.69) is 5.32 Å². The number of carbonyl (C=O) groups is 3. The number of esters is 1. The first-order valence-electron chi connectivity index (χ1n) is 8.94. The second-order valence-electron chi connectivity index (χ2n) is 6.36. The second kappa shape index (κ2) is 9.90. The molecular weight excluding hydrogens is 380 g/mol. The van der Waals surface area contributed by atoms with Crippen molar-refractivity contribution in [3.05, 3.63) is 70.2 Å². The van der Waals surface area contributed by atoms with Crippen molar-refractivity contribution in [2.24, 2.45) is 5.73 Å². The van der Waals surface area contributed by atoms with E-state index in [0.29, 0.717) is 16.1 Å². The lowest BCUT2D eigenvalue weighted by Crippen LogP contribution is -2.35. The van der Waals surface area contributed by atoms with Gasteiger partial charge in [0.1, 0.15) is 0 Å². The van der Waals surface area contributed by atoms with E-state index >= 15 is 0 Å². The van der Waals surface area contributed by atoms with Gasteiger partial charge in [0.2, 0.25) is 5.78 Å². The van der Waals surface area contributed by atoms with Crippen LogP contribution in [0.25, 0.3) is 0 Å². The van der Waals surface area contributed by atoms with Crippen LogP contribution < -0.4 is 11.1 Å². The van der Waals surface area contributed by atoms with Crippen LogP contribution in [0.5, 0.6) is 0 Å². The third-order valence-corrected chi connectivity index (χ3v) is 4.54. The molecule has 148 valence electrons. The maximum Gasteiger partial charge on any atom is 0.312 e. The summed E-state index contributed by atoms with van der Waals surface area (Å²) in [6.45, 7) is 3.55. The van der Waals surface area contributed by atoms with Crippen molar-refractivity contribution in [1.82, 2.24) is 5.32 Å². The molecule has 0 fully saturated rings. The Hall–Kier alpha value is -2.86. The van der Waals surface area contributed by atoms with Crippen LogP contribution in [0.15, 0.2) is 48.5 Å². The van der Waals surface area contributed by atoms with Gasteiger partial charge in [-0.1, -0.05) is 54.9 Å². The Kier molecular flexibility index (Phi) is 7.58. The molecule has 0 aliphatic carbocycles. The molecule has 0 radical (unpaired) electrons. The summed E-state index contributed by atoms with van der Waals surface area (Å²) in [5.74, 6) is -0.915. The van der Waals surface area contributed by atoms with Gasteiger partial charge in [0.05, 0.1) is 12.5 Å². The van der Waals surface area contributed by atoms with Gasteiger partial charge in [-0.2, -0.15) is 0 Å². The smallest absolute Gasteiger partial charge is 0.312 e. The highest BCUT2D eigenvalue weighted by molar-refractivity contribution is 6.30. The van der Waals surface area contributed by atoms with Crippen molar-refractivity contribution in [2.45, 2.75) is 38.8 Å². The third-order valence-electron chi connectivity index (χ3n) is 4.28. The largest absolute Gasteiger partial charge is 0.454 e. The summed E-state index contributed by atoms with van der Waals surface area (Å²) in [6, 6.07) is 12.4. The van der Waals surface area contributed by atoms with Crippen molar-refractivity contribution >= 4 is 29.4 Å². The molecule has 3 N–H and O–H groups in total. The lowest BCUT2D eigenvalue weighted by Gasteiger charge is -2.19. The third kappa shape index (κ3) is 6.09. The van der Waals surface area contributed by atoms with Crippen LogP contribution in [0.4, 0.5) is 4.79 Å². The standard InChI is InChI=1S/C21H23ClN2O4/c1-3-14-4-6-16(7-5-14)20(26)13(2)28-19(25)12-18(24-21(23)27)15-8-10-17(22)11-9-15/h4-11,13,18H,3,12H2,1-2H3,(H3,23,24,27)/t13-,18+/m0/s1. The van der Waals surface area contributed by atoms with Crippen LogP contribution in [0, 0.1) is 0 Å². The zero-order valence-electron chi connectivity index (χ0n) is 15.8. The Labute approximate surface area is 169 Å². The molecule has 0 saturated carbocycles. The second-order valence-corrected chi connectivity index (χ2v) is 6.80. The molecule has 0 saturated heterocycles. The number of hydrogen-bond donors (Lipinski definition) is 2. The van der Waals surface area contributed by atoms with Gasteiger partial charge in [0.15, 0.2) is 6.10 Å². The van der Waals surface area contributed by atoms with Gasteiger partial charge < -0.3 is 15.8 Å². The molecule has 2 atom stereocenters. The number of aryl methyl sites for hydroxylation is 1. The first-order valence-corrected chi connectivity index (χ1v) is 9.32. The summed E-state index contributed by atoms with van der Waals surface area (Å²) in [6.07, 6.45) is -0.242. The Morgan fingerprint density at radius 1 is 1.07 bits per heavy atom. The molecule has 6 nitrogen and oxygen atoms in total. The maximum atomic E-state index is 12.5. The molecule has 0 aliphatic heterocycles. The molecule has 28 heavy (non-hydrogen) atoms. The number of benzene rings is 2. The summed E-state index contributed by atoms with van der Waals surface area (Å²) in [5.41, 5.74) is 7.44. The molecule has 0 heterocycles. The Morgan fingerprint density at radius 3 is 2.21 bits per heavy atom. The number of amides is 2.